The lowest BCUT2D eigenvalue weighted by atomic mass is 10.2. The minimum absolute atomic E-state index is 1.10. The highest BCUT2D eigenvalue weighted by Gasteiger charge is 2.36. The fourth-order valence-electron chi connectivity index (χ4n) is 0.804. The minimum Gasteiger partial charge on any atom is -0.193 e. The molecule has 0 atom stereocenters. The molecule has 78 valence electrons. The van der Waals surface area contributed by atoms with Gasteiger partial charge < -0.3 is 0 Å². The summed E-state index contributed by atoms with van der Waals surface area (Å²) in [6.07, 6.45) is 9.04. The van der Waals surface area contributed by atoms with E-state index in [-0.39, 0.29) is 0 Å². The maximum atomic E-state index is 3.45. The summed E-state index contributed by atoms with van der Waals surface area (Å²) in [4.78, 5) is 0. The Morgan fingerprint density at radius 3 is 1.93 bits per heavy atom. The van der Waals surface area contributed by atoms with Crippen LogP contribution in [-0.4, -0.2) is 25.0 Å². The smallest absolute Gasteiger partial charge is 0.0253 e. The number of benzene rings is 1. The van der Waals surface area contributed by atoms with E-state index in [9.17, 15) is 0 Å². The van der Waals surface area contributed by atoms with Gasteiger partial charge in [0.1, 0.15) is 0 Å². The van der Waals surface area contributed by atoms with Gasteiger partial charge in [0, 0.05) is 5.56 Å². The Morgan fingerprint density at radius 2 is 1.50 bits per heavy atom. The Labute approximate surface area is 98.3 Å². The van der Waals surface area contributed by atoms with Crippen molar-refractivity contribution in [2.75, 3.05) is 25.0 Å². The summed E-state index contributed by atoms with van der Waals surface area (Å²) in [6.45, 7) is 0. The van der Waals surface area contributed by atoms with Crippen LogP contribution in [0.1, 0.15) is 5.56 Å². The van der Waals surface area contributed by atoms with Crippen molar-refractivity contribution in [3.8, 4) is 11.2 Å². The topological polar surface area (TPSA) is 0 Å². The molecule has 0 radical (unpaired) electrons. The third-order valence-electron chi connectivity index (χ3n) is 1.42. The standard InChI is InChI=1S/C12H17IS/c1-14(2,3,4,13)11-10-12-8-6-5-7-9-12/h5-9H,1-4H3. The zero-order valence-electron chi connectivity index (χ0n) is 9.17. The van der Waals surface area contributed by atoms with Crippen LogP contribution in [0.25, 0.3) is 0 Å². The number of rotatable bonds is 0. The summed E-state index contributed by atoms with van der Waals surface area (Å²) in [6, 6.07) is 10.2. The predicted octanol–water partition coefficient (Wildman–Crippen LogP) is 3.74. The van der Waals surface area contributed by atoms with Crippen molar-refractivity contribution in [3.63, 3.8) is 0 Å². The molecule has 0 aromatic heterocycles. The molecule has 0 fully saturated rings. The van der Waals surface area contributed by atoms with Crippen molar-refractivity contribution in [1.82, 2.24) is 0 Å². The van der Waals surface area contributed by atoms with Crippen LogP contribution in [0, 0.1) is 11.2 Å². The molecule has 2 heteroatoms. The van der Waals surface area contributed by atoms with Crippen molar-refractivity contribution in [2.24, 2.45) is 0 Å². The van der Waals surface area contributed by atoms with E-state index < -0.39 is 5.47 Å². The molecule has 0 saturated heterocycles. The summed E-state index contributed by atoms with van der Waals surface area (Å²) in [7, 11) is 0. The van der Waals surface area contributed by atoms with E-state index >= 15 is 0 Å². The van der Waals surface area contributed by atoms with E-state index in [0.29, 0.717) is 0 Å². The SMILES string of the molecule is CS(C)(C)(C)(I)C#Cc1ccccc1. The monoisotopic (exact) mass is 320 g/mol. The van der Waals surface area contributed by atoms with E-state index in [1.165, 1.54) is 0 Å². The highest BCUT2D eigenvalue weighted by atomic mass is 127. The molecule has 1 rings (SSSR count). The molecule has 0 N–H and O–H groups in total. The minimum atomic E-state index is -2.12. The Bertz CT molecular complexity index is 386. The summed E-state index contributed by atoms with van der Waals surface area (Å²) in [5.41, 5.74) is -1.02. The lowest BCUT2D eigenvalue weighted by Crippen LogP contribution is -2.19. The fraction of sp³-hybridized carbons (Fsp3) is 0.333. The zero-order valence-corrected chi connectivity index (χ0v) is 12.1. The Balaban J connectivity index is 3.09. The second-order valence-electron chi connectivity index (χ2n) is 5.55. The second-order valence-corrected chi connectivity index (χ2v) is 25.6. The van der Waals surface area contributed by atoms with Crippen molar-refractivity contribution >= 4 is 26.7 Å². The summed E-state index contributed by atoms with van der Waals surface area (Å²) < 4.78 is 0. The van der Waals surface area contributed by atoms with E-state index in [1.54, 1.807) is 0 Å². The first-order valence-corrected chi connectivity index (χ1v) is 11.0. The zero-order chi connectivity index (χ0) is 10.9. The molecule has 1 aromatic carbocycles. The molecular weight excluding hydrogens is 303 g/mol. The van der Waals surface area contributed by atoms with Crippen molar-refractivity contribution in [3.05, 3.63) is 35.9 Å². The molecule has 0 unspecified atom stereocenters. The largest absolute Gasteiger partial charge is 0.193 e. The van der Waals surface area contributed by atoms with Gasteiger partial charge in [-0.15, -0.1) is 0 Å². The van der Waals surface area contributed by atoms with Crippen LogP contribution in [0.5, 0.6) is 0 Å². The molecule has 0 aliphatic rings. The first-order chi connectivity index (χ1) is 6.05. The Morgan fingerprint density at radius 1 is 1.00 bits per heavy atom. The first kappa shape index (κ1) is 11.9. The Hall–Kier alpha value is -0.140. The van der Waals surface area contributed by atoms with Gasteiger partial charge in [0.15, 0.2) is 0 Å². The first-order valence-electron chi connectivity index (χ1n) is 4.40. The normalized spacial score (nSPS) is 16.1. The van der Waals surface area contributed by atoms with E-state index in [0.717, 1.165) is 5.56 Å². The molecule has 0 nitrogen and oxygen atoms in total. The quantitative estimate of drug-likeness (QED) is 0.505. The van der Waals surface area contributed by atoms with Crippen LogP contribution in [0.15, 0.2) is 30.3 Å². The van der Waals surface area contributed by atoms with E-state index in [4.69, 9.17) is 0 Å². The lowest BCUT2D eigenvalue weighted by Gasteiger charge is -2.58. The molecule has 0 bridgehead atoms. The van der Waals surface area contributed by atoms with Crippen LogP contribution in [0.3, 0.4) is 0 Å². The van der Waals surface area contributed by atoms with Gasteiger partial charge in [-0.05, 0) is 58.4 Å². The van der Waals surface area contributed by atoms with Crippen molar-refractivity contribution in [2.45, 2.75) is 0 Å². The van der Waals surface area contributed by atoms with Gasteiger partial charge in [0.2, 0.25) is 0 Å². The summed E-state index contributed by atoms with van der Waals surface area (Å²) >= 11 is 2.52. The third-order valence-corrected chi connectivity index (χ3v) is 3.07. The summed E-state index contributed by atoms with van der Waals surface area (Å²) in [5, 5.41) is 3.45. The second kappa shape index (κ2) is 2.93. The van der Waals surface area contributed by atoms with Gasteiger partial charge in [0.05, 0.1) is 0 Å². The highest BCUT2D eigenvalue weighted by molar-refractivity contribution is 14.2. The van der Waals surface area contributed by atoms with Crippen LogP contribution in [0.2, 0.25) is 0 Å². The average Bonchev–Trinajstić information content (AvgIpc) is 2.00. The predicted molar refractivity (Wildman–Crippen MR) is 78.6 cm³/mol. The number of halogens is 1. The van der Waals surface area contributed by atoms with Gasteiger partial charge in [-0.2, -0.15) is 5.47 Å². The van der Waals surface area contributed by atoms with Gasteiger partial charge >= 0.3 is 0 Å². The maximum absolute atomic E-state index is 3.45. The van der Waals surface area contributed by atoms with Gasteiger partial charge in [-0.3, -0.25) is 0 Å². The van der Waals surface area contributed by atoms with Gasteiger partial charge in [-0.25, -0.2) is 0 Å². The number of hydrogen-bond acceptors (Lipinski definition) is 0. The molecule has 0 spiro atoms. The molecule has 1 aromatic rings. The Kier molecular flexibility index (Phi) is 2.49. The molecule has 0 aliphatic carbocycles. The molecule has 0 aliphatic heterocycles. The van der Waals surface area contributed by atoms with Crippen molar-refractivity contribution in [1.29, 1.82) is 0 Å². The molecule has 0 heterocycles. The fourth-order valence-corrected chi connectivity index (χ4v) is 1.70. The maximum Gasteiger partial charge on any atom is 0.0253 e. The lowest BCUT2D eigenvalue weighted by molar-refractivity contribution is 1.65. The van der Waals surface area contributed by atoms with E-state index in [2.05, 4.69) is 57.4 Å². The van der Waals surface area contributed by atoms with Crippen LogP contribution in [0.4, 0.5) is 0 Å². The van der Waals surface area contributed by atoms with E-state index in [1.807, 2.05) is 30.3 Å². The summed E-state index contributed by atoms with van der Waals surface area (Å²) in [5.74, 6) is 3.26. The molecule has 14 heavy (non-hydrogen) atoms. The van der Waals surface area contributed by atoms with Gasteiger partial charge in [0.25, 0.3) is 0 Å². The number of hydrogen-bond donors (Lipinski definition) is 0. The molecule has 0 amide bonds. The molecular formula is C12H17IS. The highest BCUT2D eigenvalue weighted by Crippen LogP contribution is 2.85. The average molecular weight is 320 g/mol. The van der Waals surface area contributed by atoms with Crippen LogP contribution >= 0.6 is 26.7 Å². The molecule has 0 saturated carbocycles. The third kappa shape index (κ3) is 5.56. The van der Waals surface area contributed by atoms with Crippen molar-refractivity contribution < 1.29 is 0 Å². The van der Waals surface area contributed by atoms with Crippen LogP contribution < -0.4 is 0 Å². The van der Waals surface area contributed by atoms with Crippen LogP contribution in [-0.2, 0) is 0 Å². The van der Waals surface area contributed by atoms with Gasteiger partial charge in [-0.1, -0.05) is 29.4 Å².